The molecule has 24 heavy (non-hydrogen) atoms. The number of carbonyl (C=O) groups is 1. The van der Waals surface area contributed by atoms with E-state index in [9.17, 15) is 4.79 Å². The van der Waals surface area contributed by atoms with E-state index < -0.39 is 5.97 Å². The van der Waals surface area contributed by atoms with Crippen LogP contribution in [0.1, 0.15) is 5.56 Å². The highest BCUT2D eigenvalue weighted by molar-refractivity contribution is 9.10. The molecule has 0 amide bonds. The van der Waals surface area contributed by atoms with E-state index in [4.69, 9.17) is 18.9 Å². The molecule has 0 saturated heterocycles. The number of ether oxygens (including phenoxy) is 4. The molecule has 0 spiro atoms. The van der Waals surface area contributed by atoms with Crippen molar-refractivity contribution in [1.82, 2.24) is 0 Å². The Bertz CT molecular complexity index is 757. The standard InChI is InChI=1S/C18H15BrO5/c19-14-2-1-3-15(11-14)21-8-9-22-18(20)7-5-13-4-6-16-17(10-13)24-12-23-16/h1-7,10-11H,8-9,12H2. The molecule has 3 rings (SSSR count). The van der Waals surface area contributed by atoms with E-state index in [1.807, 2.05) is 36.4 Å². The summed E-state index contributed by atoms with van der Waals surface area (Å²) >= 11 is 3.36. The third kappa shape index (κ3) is 4.52. The molecule has 5 nitrogen and oxygen atoms in total. The monoisotopic (exact) mass is 390 g/mol. The average Bonchev–Trinajstić information content (AvgIpc) is 3.05. The van der Waals surface area contributed by atoms with Crippen LogP contribution in [-0.2, 0) is 9.53 Å². The molecule has 0 atom stereocenters. The molecule has 6 heteroatoms. The Labute approximate surface area is 147 Å². The number of esters is 1. The molecule has 2 aromatic carbocycles. The van der Waals surface area contributed by atoms with E-state index in [0.717, 1.165) is 15.8 Å². The maximum absolute atomic E-state index is 11.7. The number of carbonyl (C=O) groups excluding carboxylic acids is 1. The SMILES string of the molecule is O=C(C=Cc1ccc2c(c1)OCO2)OCCOc1cccc(Br)c1. The van der Waals surface area contributed by atoms with Gasteiger partial charge in [-0.25, -0.2) is 4.79 Å². The number of hydrogen-bond donors (Lipinski definition) is 0. The van der Waals surface area contributed by atoms with E-state index in [1.54, 1.807) is 12.1 Å². The van der Waals surface area contributed by atoms with Crippen LogP contribution in [0.15, 0.2) is 53.0 Å². The second-order valence-corrected chi connectivity index (χ2v) is 5.84. The largest absolute Gasteiger partial charge is 0.490 e. The topological polar surface area (TPSA) is 54.0 Å². The molecular weight excluding hydrogens is 376 g/mol. The van der Waals surface area contributed by atoms with E-state index in [2.05, 4.69) is 15.9 Å². The zero-order chi connectivity index (χ0) is 16.8. The molecule has 1 aliphatic heterocycles. The molecule has 1 aliphatic rings. The van der Waals surface area contributed by atoms with Crippen LogP contribution in [0.2, 0.25) is 0 Å². The van der Waals surface area contributed by atoms with Crippen molar-refractivity contribution in [3.63, 3.8) is 0 Å². The fraction of sp³-hybridized carbons (Fsp3) is 0.167. The summed E-state index contributed by atoms with van der Waals surface area (Å²) in [5.41, 5.74) is 0.835. The minimum atomic E-state index is -0.425. The van der Waals surface area contributed by atoms with Crippen LogP contribution in [-0.4, -0.2) is 26.0 Å². The lowest BCUT2D eigenvalue weighted by Gasteiger charge is -2.06. The Morgan fingerprint density at radius 1 is 1.12 bits per heavy atom. The van der Waals surface area contributed by atoms with E-state index in [-0.39, 0.29) is 13.4 Å². The highest BCUT2D eigenvalue weighted by Crippen LogP contribution is 2.32. The van der Waals surface area contributed by atoms with Gasteiger partial charge >= 0.3 is 5.97 Å². The van der Waals surface area contributed by atoms with Crippen molar-refractivity contribution in [3.8, 4) is 17.2 Å². The lowest BCUT2D eigenvalue weighted by atomic mass is 10.2. The summed E-state index contributed by atoms with van der Waals surface area (Å²) in [6, 6.07) is 12.9. The first kappa shape index (κ1) is 16.4. The summed E-state index contributed by atoms with van der Waals surface area (Å²) in [6.07, 6.45) is 3.04. The van der Waals surface area contributed by atoms with Gasteiger partial charge in [0.05, 0.1) is 0 Å². The normalized spacial score (nSPS) is 12.4. The molecule has 124 valence electrons. The Balaban J connectivity index is 1.42. The quantitative estimate of drug-likeness (QED) is 0.426. The van der Waals surface area contributed by atoms with Crippen molar-refractivity contribution < 1.29 is 23.7 Å². The van der Waals surface area contributed by atoms with Crippen LogP contribution in [0.3, 0.4) is 0 Å². The molecule has 0 N–H and O–H groups in total. The zero-order valence-electron chi connectivity index (χ0n) is 12.7. The number of hydrogen-bond acceptors (Lipinski definition) is 5. The van der Waals surface area contributed by atoms with Crippen LogP contribution in [0, 0.1) is 0 Å². The predicted molar refractivity (Wildman–Crippen MR) is 92.2 cm³/mol. The first-order chi connectivity index (χ1) is 11.7. The Hall–Kier alpha value is -2.47. The van der Waals surface area contributed by atoms with Gasteiger partial charge in [-0.3, -0.25) is 0 Å². The van der Waals surface area contributed by atoms with Crippen molar-refractivity contribution in [2.75, 3.05) is 20.0 Å². The van der Waals surface area contributed by atoms with Gasteiger partial charge in [0.2, 0.25) is 6.79 Å². The minimum Gasteiger partial charge on any atom is -0.490 e. The number of halogens is 1. The minimum absolute atomic E-state index is 0.177. The van der Waals surface area contributed by atoms with Crippen LogP contribution in [0.5, 0.6) is 17.2 Å². The van der Waals surface area contributed by atoms with Crippen LogP contribution in [0.25, 0.3) is 6.08 Å². The van der Waals surface area contributed by atoms with E-state index in [1.165, 1.54) is 6.08 Å². The second-order valence-electron chi connectivity index (χ2n) is 4.92. The number of benzene rings is 2. The first-order valence-electron chi connectivity index (χ1n) is 7.33. The van der Waals surface area contributed by atoms with Gasteiger partial charge in [-0.1, -0.05) is 28.1 Å². The van der Waals surface area contributed by atoms with Crippen molar-refractivity contribution in [3.05, 3.63) is 58.6 Å². The molecule has 0 radical (unpaired) electrons. The molecule has 0 bridgehead atoms. The maximum atomic E-state index is 11.7. The predicted octanol–water partition coefficient (Wildman–Crippen LogP) is 3.81. The van der Waals surface area contributed by atoms with Crippen LogP contribution in [0.4, 0.5) is 0 Å². The first-order valence-corrected chi connectivity index (χ1v) is 8.13. The van der Waals surface area contributed by atoms with Crippen LogP contribution < -0.4 is 14.2 Å². The second kappa shape index (κ2) is 7.88. The fourth-order valence-electron chi connectivity index (χ4n) is 2.09. The lowest BCUT2D eigenvalue weighted by Crippen LogP contribution is -2.10. The summed E-state index contributed by atoms with van der Waals surface area (Å²) in [5, 5.41) is 0. The number of rotatable bonds is 6. The zero-order valence-corrected chi connectivity index (χ0v) is 14.3. The van der Waals surface area contributed by atoms with E-state index >= 15 is 0 Å². The molecular formula is C18H15BrO5. The van der Waals surface area contributed by atoms with Gasteiger partial charge < -0.3 is 18.9 Å². The molecule has 0 unspecified atom stereocenters. The van der Waals surface area contributed by atoms with Crippen LogP contribution >= 0.6 is 15.9 Å². The Morgan fingerprint density at radius 2 is 2.00 bits per heavy atom. The summed E-state index contributed by atoms with van der Waals surface area (Å²) in [4.78, 5) is 11.7. The Morgan fingerprint density at radius 3 is 2.88 bits per heavy atom. The highest BCUT2D eigenvalue weighted by Gasteiger charge is 2.12. The smallest absolute Gasteiger partial charge is 0.330 e. The van der Waals surface area contributed by atoms with Gasteiger partial charge in [0.15, 0.2) is 11.5 Å². The van der Waals surface area contributed by atoms with E-state index in [0.29, 0.717) is 18.1 Å². The summed E-state index contributed by atoms with van der Waals surface area (Å²) in [5.74, 6) is 1.68. The fourth-order valence-corrected chi connectivity index (χ4v) is 2.47. The molecule has 0 fully saturated rings. The third-order valence-corrected chi connectivity index (χ3v) is 3.69. The molecule has 0 aromatic heterocycles. The van der Waals surface area contributed by atoms with Gasteiger partial charge in [0.1, 0.15) is 19.0 Å². The number of fused-ring (bicyclic) bond motifs is 1. The van der Waals surface area contributed by atoms with Gasteiger partial charge in [-0.2, -0.15) is 0 Å². The summed E-state index contributed by atoms with van der Waals surface area (Å²) in [6.45, 7) is 0.694. The van der Waals surface area contributed by atoms with Crippen molar-refractivity contribution in [2.24, 2.45) is 0 Å². The lowest BCUT2D eigenvalue weighted by molar-refractivity contribution is -0.138. The molecule has 0 saturated carbocycles. The summed E-state index contributed by atoms with van der Waals surface area (Å²) < 4.78 is 22.0. The van der Waals surface area contributed by atoms with Gasteiger partial charge in [-0.15, -0.1) is 0 Å². The molecule has 0 aliphatic carbocycles. The molecule has 2 aromatic rings. The van der Waals surface area contributed by atoms with Gasteiger partial charge in [0.25, 0.3) is 0 Å². The van der Waals surface area contributed by atoms with Crippen molar-refractivity contribution in [2.45, 2.75) is 0 Å². The van der Waals surface area contributed by atoms with Gasteiger partial charge in [-0.05, 0) is 42.0 Å². The third-order valence-electron chi connectivity index (χ3n) is 3.20. The highest BCUT2D eigenvalue weighted by atomic mass is 79.9. The maximum Gasteiger partial charge on any atom is 0.330 e. The van der Waals surface area contributed by atoms with Gasteiger partial charge in [0, 0.05) is 10.5 Å². The molecule has 1 heterocycles. The average molecular weight is 391 g/mol. The summed E-state index contributed by atoms with van der Waals surface area (Å²) in [7, 11) is 0. The Kier molecular flexibility index (Phi) is 5.38. The van der Waals surface area contributed by atoms with Crippen molar-refractivity contribution >= 4 is 28.0 Å². The van der Waals surface area contributed by atoms with Crippen molar-refractivity contribution in [1.29, 1.82) is 0 Å².